The summed E-state index contributed by atoms with van der Waals surface area (Å²) in [6.07, 6.45) is -4.00. The minimum absolute atomic E-state index is 0.0418. The number of carbonyl (C=O) groups is 2. The van der Waals surface area contributed by atoms with Gasteiger partial charge in [-0.05, 0) is 19.1 Å². The number of benzene rings is 1. The second-order valence-electron chi connectivity index (χ2n) is 7.78. The number of nitrogens with zero attached hydrogens (tertiary/aromatic N) is 1. The van der Waals surface area contributed by atoms with Crippen molar-refractivity contribution in [3.8, 4) is 0 Å². The molecule has 3 rings (SSSR count). The second kappa shape index (κ2) is 10.8. The SMILES string of the molecule is Cc1ccc(C(=O)NCC2OC(CC(=O)NCCN3CCOCC3)C(O)C2O)cc1. The van der Waals surface area contributed by atoms with Crippen LogP contribution in [0.15, 0.2) is 24.3 Å². The topological polar surface area (TPSA) is 120 Å². The molecule has 4 unspecified atom stereocenters. The number of nitrogens with one attached hydrogen (secondary N) is 2. The second-order valence-corrected chi connectivity index (χ2v) is 7.78. The highest BCUT2D eigenvalue weighted by Gasteiger charge is 2.43. The summed E-state index contributed by atoms with van der Waals surface area (Å²) in [6, 6.07) is 7.12. The number of aliphatic hydroxyl groups excluding tert-OH is 2. The number of aryl methyl sites for hydroxylation is 1. The summed E-state index contributed by atoms with van der Waals surface area (Å²) in [5.41, 5.74) is 1.56. The number of amides is 2. The van der Waals surface area contributed by atoms with Gasteiger partial charge in [-0.25, -0.2) is 0 Å². The molecule has 2 aliphatic rings. The molecule has 0 aromatic heterocycles. The van der Waals surface area contributed by atoms with Crippen molar-refractivity contribution in [1.82, 2.24) is 15.5 Å². The van der Waals surface area contributed by atoms with Crippen molar-refractivity contribution in [3.63, 3.8) is 0 Å². The Morgan fingerprint density at radius 1 is 1.07 bits per heavy atom. The van der Waals surface area contributed by atoms with E-state index >= 15 is 0 Å². The first-order valence-corrected chi connectivity index (χ1v) is 10.4. The zero-order chi connectivity index (χ0) is 21.5. The first-order chi connectivity index (χ1) is 14.4. The van der Waals surface area contributed by atoms with E-state index in [9.17, 15) is 19.8 Å². The Labute approximate surface area is 176 Å². The Bertz CT molecular complexity index is 707. The molecule has 9 heteroatoms. The first-order valence-electron chi connectivity index (χ1n) is 10.4. The summed E-state index contributed by atoms with van der Waals surface area (Å²) >= 11 is 0. The maximum atomic E-state index is 12.2. The number of aliphatic hydroxyl groups is 2. The molecule has 0 aliphatic carbocycles. The summed E-state index contributed by atoms with van der Waals surface area (Å²) in [5, 5.41) is 26.0. The van der Waals surface area contributed by atoms with E-state index in [-0.39, 0.29) is 24.8 Å². The van der Waals surface area contributed by atoms with E-state index < -0.39 is 24.4 Å². The number of hydrogen-bond donors (Lipinski definition) is 4. The molecule has 166 valence electrons. The van der Waals surface area contributed by atoms with E-state index in [4.69, 9.17) is 9.47 Å². The van der Waals surface area contributed by atoms with Crippen LogP contribution in [0.1, 0.15) is 22.3 Å². The smallest absolute Gasteiger partial charge is 0.251 e. The Morgan fingerprint density at radius 3 is 2.43 bits per heavy atom. The summed E-state index contributed by atoms with van der Waals surface area (Å²) < 4.78 is 10.9. The van der Waals surface area contributed by atoms with Gasteiger partial charge in [-0.3, -0.25) is 14.5 Å². The van der Waals surface area contributed by atoms with Crippen LogP contribution in [-0.2, 0) is 14.3 Å². The van der Waals surface area contributed by atoms with Crippen LogP contribution < -0.4 is 10.6 Å². The minimum Gasteiger partial charge on any atom is -0.388 e. The Morgan fingerprint density at radius 2 is 1.73 bits per heavy atom. The van der Waals surface area contributed by atoms with Gasteiger partial charge in [-0.15, -0.1) is 0 Å². The maximum absolute atomic E-state index is 12.2. The summed E-state index contributed by atoms with van der Waals surface area (Å²) in [5.74, 6) is -0.534. The average Bonchev–Trinajstić information content (AvgIpc) is 3.01. The average molecular weight is 421 g/mol. The molecule has 2 heterocycles. The van der Waals surface area contributed by atoms with E-state index in [1.807, 2.05) is 19.1 Å². The largest absolute Gasteiger partial charge is 0.388 e. The molecule has 4 atom stereocenters. The van der Waals surface area contributed by atoms with Crippen LogP contribution in [0.5, 0.6) is 0 Å². The molecule has 4 N–H and O–H groups in total. The van der Waals surface area contributed by atoms with Crippen LogP contribution in [0, 0.1) is 6.92 Å². The lowest BCUT2D eigenvalue weighted by atomic mass is 10.1. The molecule has 1 aromatic rings. The summed E-state index contributed by atoms with van der Waals surface area (Å²) in [4.78, 5) is 26.6. The van der Waals surface area contributed by atoms with Gasteiger partial charge in [-0.1, -0.05) is 17.7 Å². The van der Waals surface area contributed by atoms with Crippen molar-refractivity contribution in [2.24, 2.45) is 0 Å². The van der Waals surface area contributed by atoms with Gasteiger partial charge < -0.3 is 30.3 Å². The van der Waals surface area contributed by atoms with E-state index in [1.165, 1.54) is 0 Å². The van der Waals surface area contributed by atoms with E-state index in [1.54, 1.807) is 12.1 Å². The first kappa shape index (κ1) is 22.6. The number of rotatable bonds is 8. The van der Waals surface area contributed by atoms with Gasteiger partial charge in [-0.2, -0.15) is 0 Å². The number of morpholine rings is 1. The van der Waals surface area contributed by atoms with E-state index in [0.717, 1.165) is 25.2 Å². The zero-order valence-electron chi connectivity index (χ0n) is 17.3. The fraction of sp³-hybridized carbons (Fsp3) is 0.619. The molecule has 1 aromatic carbocycles. The third kappa shape index (κ3) is 6.23. The highest BCUT2D eigenvalue weighted by Crippen LogP contribution is 2.23. The lowest BCUT2D eigenvalue weighted by molar-refractivity contribution is -0.125. The predicted octanol–water partition coefficient (Wildman–Crippen LogP) is -0.947. The van der Waals surface area contributed by atoms with Gasteiger partial charge in [0, 0.05) is 38.3 Å². The van der Waals surface area contributed by atoms with Gasteiger partial charge in [0.05, 0.1) is 25.7 Å². The standard InChI is InChI=1S/C21H31N3O6/c1-14-2-4-15(5-3-14)21(28)23-13-17-20(27)19(26)16(30-17)12-18(25)22-6-7-24-8-10-29-11-9-24/h2-5,16-17,19-20,26-27H,6-13H2,1H3,(H,22,25)(H,23,28). The van der Waals surface area contributed by atoms with Crippen molar-refractivity contribution in [3.05, 3.63) is 35.4 Å². The molecule has 2 saturated heterocycles. The summed E-state index contributed by atoms with van der Waals surface area (Å²) in [7, 11) is 0. The van der Waals surface area contributed by atoms with Gasteiger partial charge in [0.2, 0.25) is 5.91 Å². The van der Waals surface area contributed by atoms with Gasteiger partial charge in [0.1, 0.15) is 18.3 Å². The number of hydrogen-bond acceptors (Lipinski definition) is 7. The van der Waals surface area contributed by atoms with E-state index in [0.29, 0.717) is 25.3 Å². The van der Waals surface area contributed by atoms with Crippen LogP contribution in [-0.4, -0.2) is 97.3 Å². The van der Waals surface area contributed by atoms with Crippen LogP contribution in [0.3, 0.4) is 0 Å². The Kier molecular flexibility index (Phi) is 8.17. The highest BCUT2D eigenvalue weighted by atomic mass is 16.5. The summed E-state index contributed by atoms with van der Waals surface area (Å²) in [6.45, 7) is 6.32. The van der Waals surface area contributed by atoms with Crippen molar-refractivity contribution < 1.29 is 29.3 Å². The van der Waals surface area contributed by atoms with Crippen molar-refractivity contribution in [1.29, 1.82) is 0 Å². The van der Waals surface area contributed by atoms with E-state index in [2.05, 4.69) is 15.5 Å². The molecule has 30 heavy (non-hydrogen) atoms. The minimum atomic E-state index is -1.18. The van der Waals surface area contributed by atoms with Gasteiger partial charge in [0.25, 0.3) is 5.91 Å². The van der Waals surface area contributed by atoms with Gasteiger partial charge >= 0.3 is 0 Å². The molecular weight excluding hydrogens is 390 g/mol. The number of carbonyl (C=O) groups excluding carboxylic acids is 2. The third-order valence-electron chi connectivity index (χ3n) is 5.48. The molecule has 0 saturated carbocycles. The molecule has 2 fully saturated rings. The Hall–Kier alpha value is -2.04. The quantitative estimate of drug-likeness (QED) is 0.427. The fourth-order valence-electron chi connectivity index (χ4n) is 3.60. The third-order valence-corrected chi connectivity index (χ3v) is 5.48. The molecule has 9 nitrogen and oxygen atoms in total. The maximum Gasteiger partial charge on any atom is 0.251 e. The van der Waals surface area contributed by atoms with Crippen LogP contribution >= 0.6 is 0 Å². The van der Waals surface area contributed by atoms with Crippen molar-refractivity contribution in [2.75, 3.05) is 45.9 Å². The van der Waals surface area contributed by atoms with Crippen molar-refractivity contribution >= 4 is 11.8 Å². The molecule has 2 amide bonds. The monoisotopic (exact) mass is 421 g/mol. The highest BCUT2D eigenvalue weighted by molar-refractivity contribution is 5.94. The molecule has 0 spiro atoms. The Balaban J connectivity index is 1.39. The lowest BCUT2D eigenvalue weighted by Crippen LogP contribution is -2.42. The van der Waals surface area contributed by atoms with Crippen molar-refractivity contribution in [2.45, 2.75) is 37.8 Å². The fourth-order valence-corrected chi connectivity index (χ4v) is 3.60. The molecule has 0 bridgehead atoms. The molecule has 2 aliphatic heterocycles. The molecular formula is C21H31N3O6. The number of ether oxygens (including phenoxy) is 2. The lowest BCUT2D eigenvalue weighted by Gasteiger charge is -2.26. The van der Waals surface area contributed by atoms with Crippen LogP contribution in [0.4, 0.5) is 0 Å². The normalized spacial score (nSPS) is 27.0. The molecule has 0 radical (unpaired) electrons. The predicted molar refractivity (Wildman–Crippen MR) is 109 cm³/mol. The van der Waals surface area contributed by atoms with Crippen LogP contribution in [0.25, 0.3) is 0 Å². The van der Waals surface area contributed by atoms with Crippen LogP contribution in [0.2, 0.25) is 0 Å². The zero-order valence-corrected chi connectivity index (χ0v) is 17.3. The van der Waals surface area contributed by atoms with Gasteiger partial charge in [0.15, 0.2) is 0 Å².